The summed E-state index contributed by atoms with van der Waals surface area (Å²) in [7, 11) is 0. The Bertz CT molecular complexity index is 487. The molecule has 1 aliphatic rings. The molecule has 0 aromatic carbocycles. The minimum absolute atomic E-state index is 0.0575. The maximum atomic E-state index is 12.2. The molecular formula is C15H21N3O2. The fourth-order valence-electron chi connectivity index (χ4n) is 2.45. The van der Waals surface area contributed by atoms with Crippen molar-refractivity contribution in [1.29, 1.82) is 0 Å². The number of carbonyl (C=O) groups excluding carboxylic acids is 2. The van der Waals surface area contributed by atoms with E-state index in [1.54, 1.807) is 17.3 Å². The van der Waals surface area contributed by atoms with Gasteiger partial charge in [0.05, 0.1) is 12.0 Å². The lowest BCUT2D eigenvalue weighted by atomic mass is 10.1. The molecule has 1 saturated heterocycles. The second-order valence-corrected chi connectivity index (χ2v) is 5.56. The summed E-state index contributed by atoms with van der Waals surface area (Å²) < 4.78 is 0. The van der Waals surface area contributed by atoms with Crippen LogP contribution in [0.2, 0.25) is 0 Å². The molecule has 2 rings (SSSR count). The minimum Gasteiger partial charge on any atom is -0.349 e. The first-order valence-corrected chi connectivity index (χ1v) is 6.98. The molecule has 0 bridgehead atoms. The van der Waals surface area contributed by atoms with E-state index >= 15 is 0 Å². The van der Waals surface area contributed by atoms with Gasteiger partial charge >= 0.3 is 0 Å². The van der Waals surface area contributed by atoms with Crippen molar-refractivity contribution in [3.63, 3.8) is 0 Å². The van der Waals surface area contributed by atoms with Gasteiger partial charge < -0.3 is 10.2 Å². The van der Waals surface area contributed by atoms with Crippen LogP contribution in [0.15, 0.2) is 24.5 Å². The van der Waals surface area contributed by atoms with Crippen LogP contribution >= 0.6 is 0 Å². The Morgan fingerprint density at radius 2 is 2.20 bits per heavy atom. The van der Waals surface area contributed by atoms with E-state index in [0.717, 1.165) is 5.56 Å². The number of aromatic nitrogens is 1. The summed E-state index contributed by atoms with van der Waals surface area (Å²) >= 11 is 0. The van der Waals surface area contributed by atoms with Crippen LogP contribution < -0.4 is 5.32 Å². The number of carbonyl (C=O) groups is 2. The van der Waals surface area contributed by atoms with Crippen molar-refractivity contribution in [2.75, 3.05) is 6.54 Å². The van der Waals surface area contributed by atoms with Crippen molar-refractivity contribution in [1.82, 2.24) is 15.2 Å². The van der Waals surface area contributed by atoms with E-state index in [0.29, 0.717) is 13.0 Å². The highest BCUT2D eigenvalue weighted by atomic mass is 16.2. The van der Waals surface area contributed by atoms with Gasteiger partial charge in [0.15, 0.2) is 0 Å². The molecule has 1 aliphatic heterocycles. The molecule has 0 radical (unpaired) electrons. The number of hydrogen-bond acceptors (Lipinski definition) is 3. The molecule has 1 fully saturated rings. The Labute approximate surface area is 119 Å². The number of nitrogens with zero attached hydrogens (tertiary/aromatic N) is 2. The molecule has 0 aliphatic carbocycles. The van der Waals surface area contributed by atoms with E-state index in [-0.39, 0.29) is 29.8 Å². The van der Waals surface area contributed by atoms with Gasteiger partial charge in [0, 0.05) is 31.4 Å². The van der Waals surface area contributed by atoms with E-state index < -0.39 is 0 Å². The molecule has 5 heteroatoms. The highest BCUT2D eigenvalue weighted by molar-refractivity contribution is 5.89. The van der Waals surface area contributed by atoms with Gasteiger partial charge in [-0.3, -0.25) is 14.6 Å². The Hall–Kier alpha value is -1.91. The topological polar surface area (TPSA) is 62.3 Å². The molecule has 5 nitrogen and oxygen atoms in total. The molecule has 2 heterocycles. The average Bonchev–Trinajstić information content (AvgIpc) is 2.82. The maximum absolute atomic E-state index is 12.2. The molecule has 1 aromatic rings. The SMILES string of the molecule is CC(C)N1C[C@H](C(=O)N[C@H](C)c2cccnc2)CC1=O. The van der Waals surface area contributed by atoms with Gasteiger partial charge in [0.2, 0.25) is 11.8 Å². The average molecular weight is 275 g/mol. The number of amides is 2. The van der Waals surface area contributed by atoms with Crippen molar-refractivity contribution in [3.8, 4) is 0 Å². The summed E-state index contributed by atoms with van der Waals surface area (Å²) in [6, 6.07) is 3.82. The molecule has 20 heavy (non-hydrogen) atoms. The van der Waals surface area contributed by atoms with E-state index in [1.807, 2.05) is 32.9 Å². The molecule has 2 amide bonds. The first kappa shape index (κ1) is 14.5. The summed E-state index contributed by atoms with van der Waals surface area (Å²) in [6.45, 7) is 6.38. The molecule has 0 spiro atoms. The fraction of sp³-hybridized carbons (Fsp3) is 0.533. The third-order valence-electron chi connectivity index (χ3n) is 3.70. The molecule has 2 atom stereocenters. The van der Waals surface area contributed by atoms with Crippen LogP contribution in [0.25, 0.3) is 0 Å². The monoisotopic (exact) mass is 275 g/mol. The van der Waals surface area contributed by atoms with Gasteiger partial charge in [-0.1, -0.05) is 6.07 Å². The van der Waals surface area contributed by atoms with Crippen molar-refractivity contribution >= 4 is 11.8 Å². The highest BCUT2D eigenvalue weighted by Gasteiger charge is 2.35. The smallest absolute Gasteiger partial charge is 0.225 e. The quantitative estimate of drug-likeness (QED) is 0.906. The molecule has 108 valence electrons. The van der Waals surface area contributed by atoms with E-state index in [2.05, 4.69) is 10.3 Å². The van der Waals surface area contributed by atoms with Gasteiger partial charge in [-0.15, -0.1) is 0 Å². The number of rotatable bonds is 4. The van der Waals surface area contributed by atoms with Crippen LogP contribution in [-0.4, -0.2) is 34.3 Å². The van der Waals surface area contributed by atoms with Crippen LogP contribution in [-0.2, 0) is 9.59 Å². The zero-order valence-corrected chi connectivity index (χ0v) is 12.2. The zero-order chi connectivity index (χ0) is 14.7. The first-order chi connectivity index (χ1) is 9.49. The van der Waals surface area contributed by atoms with Crippen LogP contribution in [0.5, 0.6) is 0 Å². The van der Waals surface area contributed by atoms with Crippen LogP contribution in [0, 0.1) is 5.92 Å². The Morgan fingerprint density at radius 1 is 1.45 bits per heavy atom. The van der Waals surface area contributed by atoms with E-state index in [1.165, 1.54) is 0 Å². The van der Waals surface area contributed by atoms with E-state index in [9.17, 15) is 9.59 Å². The molecule has 0 unspecified atom stereocenters. The number of nitrogens with one attached hydrogen (secondary N) is 1. The number of pyridine rings is 1. The summed E-state index contributed by atoms with van der Waals surface area (Å²) in [4.78, 5) is 29.9. The van der Waals surface area contributed by atoms with Crippen LogP contribution in [0.4, 0.5) is 0 Å². The second kappa shape index (κ2) is 6.03. The number of likely N-dealkylation sites (tertiary alicyclic amines) is 1. The third-order valence-corrected chi connectivity index (χ3v) is 3.70. The van der Waals surface area contributed by atoms with Crippen molar-refractivity contribution < 1.29 is 9.59 Å². The Kier molecular flexibility index (Phi) is 4.37. The van der Waals surface area contributed by atoms with E-state index in [4.69, 9.17) is 0 Å². The predicted molar refractivity (Wildman–Crippen MR) is 75.8 cm³/mol. The van der Waals surface area contributed by atoms with Gasteiger partial charge in [-0.25, -0.2) is 0 Å². The van der Waals surface area contributed by atoms with Crippen molar-refractivity contribution in [2.45, 2.75) is 39.3 Å². The van der Waals surface area contributed by atoms with Crippen molar-refractivity contribution in [2.24, 2.45) is 5.92 Å². The lowest BCUT2D eigenvalue weighted by Crippen LogP contribution is -2.36. The van der Waals surface area contributed by atoms with Gasteiger partial charge in [0.25, 0.3) is 0 Å². The lowest BCUT2D eigenvalue weighted by Gasteiger charge is -2.21. The summed E-state index contributed by atoms with van der Waals surface area (Å²) in [5.74, 6) is -0.240. The Morgan fingerprint density at radius 3 is 2.75 bits per heavy atom. The predicted octanol–water partition coefficient (Wildman–Crippen LogP) is 1.52. The fourth-order valence-corrected chi connectivity index (χ4v) is 2.45. The van der Waals surface area contributed by atoms with Crippen molar-refractivity contribution in [3.05, 3.63) is 30.1 Å². The number of hydrogen-bond donors (Lipinski definition) is 1. The first-order valence-electron chi connectivity index (χ1n) is 6.98. The van der Waals surface area contributed by atoms with Gasteiger partial charge in [-0.2, -0.15) is 0 Å². The van der Waals surface area contributed by atoms with Crippen LogP contribution in [0.3, 0.4) is 0 Å². The zero-order valence-electron chi connectivity index (χ0n) is 12.2. The molecule has 1 aromatic heterocycles. The standard InChI is InChI=1S/C15H21N3O2/c1-10(2)18-9-13(7-14(18)19)15(20)17-11(3)12-5-4-6-16-8-12/h4-6,8,10-11,13H,7,9H2,1-3H3,(H,17,20)/t11-,13-/m1/s1. The minimum atomic E-state index is -0.246. The van der Waals surface area contributed by atoms with Gasteiger partial charge in [0.1, 0.15) is 0 Å². The lowest BCUT2D eigenvalue weighted by molar-refractivity contribution is -0.130. The van der Waals surface area contributed by atoms with Crippen LogP contribution in [0.1, 0.15) is 38.8 Å². The molecular weight excluding hydrogens is 254 g/mol. The highest BCUT2D eigenvalue weighted by Crippen LogP contribution is 2.21. The Balaban J connectivity index is 1.95. The molecule has 1 N–H and O–H groups in total. The summed E-state index contributed by atoms with van der Waals surface area (Å²) in [5.41, 5.74) is 0.964. The van der Waals surface area contributed by atoms with Gasteiger partial charge in [-0.05, 0) is 32.4 Å². The third kappa shape index (κ3) is 3.15. The summed E-state index contributed by atoms with van der Waals surface area (Å²) in [5, 5.41) is 2.96. The largest absolute Gasteiger partial charge is 0.349 e. The molecule has 0 saturated carbocycles. The maximum Gasteiger partial charge on any atom is 0.225 e. The summed E-state index contributed by atoms with van der Waals surface area (Å²) in [6.07, 6.45) is 3.75. The normalized spacial score (nSPS) is 20.3. The second-order valence-electron chi connectivity index (χ2n) is 5.56.